The first-order valence-corrected chi connectivity index (χ1v) is 9.39. The Bertz CT molecular complexity index is 963. The first kappa shape index (κ1) is 18.3. The van der Waals surface area contributed by atoms with E-state index >= 15 is 0 Å². The van der Waals surface area contributed by atoms with Gasteiger partial charge in [-0.15, -0.1) is 0 Å². The second-order valence-corrected chi connectivity index (χ2v) is 6.97. The van der Waals surface area contributed by atoms with Gasteiger partial charge in [-0.05, 0) is 55.5 Å². The summed E-state index contributed by atoms with van der Waals surface area (Å²) < 4.78 is 11.9. The Morgan fingerprint density at radius 3 is 2.36 bits per heavy atom. The second kappa shape index (κ2) is 7.90. The van der Waals surface area contributed by atoms with Gasteiger partial charge in [0.15, 0.2) is 11.5 Å². The predicted octanol–water partition coefficient (Wildman–Crippen LogP) is 4.50. The van der Waals surface area contributed by atoms with Crippen molar-refractivity contribution >= 4 is 23.2 Å². The number of hydrogen-bond acceptors (Lipinski definition) is 4. The largest absolute Gasteiger partial charge is 0.482 e. The first-order valence-electron chi connectivity index (χ1n) is 9.01. The molecule has 28 heavy (non-hydrogen) atoms. The number of ether oxygens (including phenoxy) is 2. The van der Waals surface area contributed by atoms with E-state index in [-0.39, 0.29) is 5.91 Å². The van der Waals surface area contributed by atoms with Crippen LogP contribution in [0.4, 0.5) is 5.69 Å². The highest BCUT2D eigenvalue weighted by molar-refractivity contribution is 6.30. The third kappa shape index (κ3) is 3.80. The van der Waals surface area contributed by atoms with Crippen molar-refractivity contribution in [3.63, 3.8) is 0 Å². The second-order valence-electron chi connectivity index (χ2n) is 6.53. The number of pyridine rings is 1. The van der Waals surface area contributed by atoms with E-state index in [1.54, 1.807) is 29.3 Å². The van der Waals surface area contributed by atoms with Crippen LogP contribution in [0.2, 0.25) is 5.02 Å². The van der Waals surface area contributed by atoms with Crippen molar-refractivity contribution in [1.29, 1.82) is 0 Å². The molecule has 142 valence electrons. The third-order valence-corrected chi connectivity index (χ3v) is 4.79. The highest BCUT2D eigenvalue weighted by atomic mass is 35.5. The molecule has 0 N–H and O–H groups in total. The van der Waals surface area contributed by atoms with Crippen molar-refractivity contribution in [3.05, 3.63) is 83.6 Å². The molecule has 4 rings (SSSR count). The van der Waals surface area contributed by atoms with Gasteiger partial charge in [0.1, 0.15) is 6.10 Å². The van der Waals surface area contributed by atoms with Crippen molar-refractivity contribution in [3.8, 4) is 11.5 Å². The normalized spacial score (nSPS) is 17.8. The van der Waals surface area contributed by atoms with Gasteiger partial charge in [0, 0.05) is 16.9 Å². The summed E-state index contributed by atoms with van der Waals surface area (Å²) in [5.74, 6) is 1.00. The lowest BCUT2D eigenvalue weighted by Gasteiger charge is -2.34. The summed E-state index contributed by atoms with van der Waals surface area (Å²) in [5, 5.41) is 0.605. The molecule has 1 aliphatic heterocycles. The van der Waals surface area contributed by atoms with Gasteiger partial charge in [0.05, 0.1) is 12.2 Å². The van der Waals surface area contributed by atoms with E-state index in [1.807, 2.05) is 55.5 Å². The van der Waals surface area contributed by atoms with Crippen LogP contribution in [0.5, 0.6) is 11.5 Å². The zero-order valence-corrected chi connectivity index (χ0v) is 16.0. The monoisotopic (exact) mass is 394 g/mol. The minimum atomic E-state index is -0.769. The maximum Gasteiger partial charge on any atom is 0.272 e. The number of hydrogen-bond donors (Lipinski definition) is 0. The zero-order chi connectivity index (χ0) is 19.5. The number of para-hydroxylation sites is 2. The van der Waals surface area contributed by atoms with Gasteiger partial charge in [-0.3, -0.25) is 9.78 Å². The lowest BCUT2D eigenvalue weighted by Crippen LogP contribution is -2.50. The van der Waals surface area contributed by atoms with Crippen LogP contribution in [0, 0.1) is 0 Å². The van der Waals surface area contributed by atoms with Crippen LogP contribution >= 0.6 is 11.6 Å². The molecule has 0 saturated carbocycles. The lowest BCUT2D eigenvalue weighted by molar-refractivity contribution is -0.130. The summed E-state index contributed by atoms with van der Waals surface area (Å²) in [6.45, 7) is 2.15. The minimum Gasteiger partial charge on any atom is -0.482 e. The maximum absolute atomic E-state index is 13.5. The van der Waals surface area contributed by atoms with Crippen LogP contribution in [0.3, 0.4) is 0 Å². The van der Waals surface area contributed by atoms with E-state index < -0.39 is 12.2 Å². The number of carbonyl (C=O) groups excluding carboxylic acids is 1. The maximum atomic E-state index is 13.5. The number of halogens is 1. The standard InChI is InChI=1S/C22H19ClN2O3/c1-15-21(28-20-8-3-2-7-19(20)27-15)22(26)25(14-17-6-4-5-13-24-17)18-11-9-16(23)10-12-18/h2-13,15,21H,14H2,1H3/t15-,21+/m1/s1. The average Bonchev–Trinajstić information content (AvgIpc) is 2.72. The van der Waals surface area contributed by atoms with Gasteiger partial charge in [-0.2, -0.15) is 0 Å². The summed E-state index contributed by atoms with van der Waals surface area (Å²) in [6.07, 6.45) is 0.508. The van der Waals surface area contributed by atoms with Crippen molar-refractivity contribution in [2.24, 2.45) is 0 Å². The first-order chi connectivity index (χ1) is 13.6. The lowest BCUT2D eigenvalue weighted by atomic mass is 10.1. The fraction of sp³-hybridized carbons (Fsp3) is 0.182. The highest BCUT2D eigenvalue weighted by Crippen LogP contribution is 2.34. The van der Waals surface area contributed by atoms with Crippen LogP contribution in [0.25, 0.3) is 0 Å². The topological polar surface area (TPSA) is 51.7 Å². The van der Waals surface area contributed by atoms with Crippen LogP contribution in [-0.2, 0) is 11.3 Å². The molecule has 3 aromatic rings. The van der Waals surface area contributed by atoms with E-state index in [4.69, 9.17) is 21.1 Å². The molecule has 1 amide bonds. The Morgan fingerprint density at radius 2 is 1.68 bits per heavy atom. The minimum absolute atomic E-state index is 0.199. The van der Waals surface area contributed by atoms with Crippen molar-refractivity contribution in [2.75, 3.05) is 4.90 Å². The van der Waals surface area contributed by atoms with Crippen LogP contribution in [0.15, 0.2) is 72.9 Å². The number of carbonyl (C=O) groups is 1. The summed E-state index contributed by atoms with van der Waals surface area (Å²) in [7, 11) is 0. The van der Waals surface area contributed by atoms with Crippen molar-refractivity contribution in [2.45, 2.75) is 25.7 Å². The molecule has 0 radical (unpaired) electrons. The van der Waals surface area contributed by atoms with Gasteiger partial charge < -0.3 is 14.4 Å². The Hall–Kier alpha value is -3.05. The molecule has 0 spiro atoms. The number of benzene rings is 2. The third-order valence-electron chi connectivity index (χ3n) is 4.54. The van der Waals surface area contributed by atoms with Crippen molar-refractivity contribution < 1.29 is 14.3 Å². The number of rotatable bonds is 4. The van der Waals surface area contributed by atoms with Crippen LogP contribution in [-0.4, -0.2) is 23.1 Å². The molecule has 5 nitrogen and oxygen atoms in total. The van der Waals surface area contributed by atoms with E-state index in [0.29, 0.717) is 23.1 Å². The fourth-order valence-corrected chi connectivity index (χ4v) is 3.24. The number of nitrogens with zero attached hydrogens (tertiary/aromatic N) is 2. The molecular formula is C22H19ClN2O3. The summed E-state index contributed by atoms with van der Waals surface area (Å²) in [5.41, 5.74) is 1.49. The molecule has 2 atom stereocenters. The van der Waals surface area contributed by atoms with E-state index in [1.165, 1.54) is 0 Å². The summed E-state index contributed by atoms with van der Waals surface area (Å²) in [4.78, 5) is 19.5. The average molecular weight is 395 g/mol. The van der Waals surface area contributed by atoms with Crippen molar-refractivity contribution in [1.82, 2.24) is 4.98 Å². The Kier molecular flexibility index (Phi) is 5.17. The zero-order valence-electron chi connectivity index (χ0n) is 15.3. The van der Waals surface area contributed by atoms with E-state index in [0.717, 1.165) is 11.4 Å². The molecule has 1 aliphatic rings. The molecule has 0 bridgehead atoms. The van der Waals surface area contributed by atoms with Crippen LogP contribution < -0.4 is 14.4 Å². The molecule has 2 aromatic carbocycles. The number of anilines is 1. The Morgan fingerprint density at radius 1 is 1.00 bits per heavy atom. The summed E-state index contributed by atoms with van der Waals surface area (Å²) >= 11 is 6.02. The van der Waals surface area contributed by atoms with E-state index in [9.17, 15) is 4.79 Å². The van der Waals surface area contributed by atoms with Gasteiger partial charge >= 0.3 is 0 Å². The molecule has 2 heterocycles. The highest BCUT2D eigenvalue weighted by Gasteiger charge is 2.37. The predicted molar refractivity (Wildman–Crippen MR) is 108 cm³/mol. The summed E-state index contributed by atoms with van der Waals surface area (Å²) in [6, 6.07) is 20.1. The van der Waals surface area contributed by atoms with E-state index in [2.05, 4.69) is 4.98 Å². The fourth-order valence-electron chi connectivity index (χ4n) is 3.12. The molecular weight excluding hydrogens is 376 g/mol. The van der Waals surface area contributed by atoms with Gasteiger partial charge in [0.25, 0.3) is 5.91 Å². The molecule has 6 heteroatoms. The Balaban J connectivity index is 1.65. The number of fused-ring (bicyclic) bond motifs is 1. The molecule has 1 aromatic heterocycles. The SMILES string of the molecule is C[C@H]1Oc2ccccc2O[C@@H]1C(=O)N(Cc1ccccn1)c1ccc(Cl)cc1. The smallest absolute Gasteiger partial charge is 0.272 e. The quantitative estimate of drug-likeness (QED) is 0.654. The van der Waals surface area contributed by atoms with Crippen LogP contribution in [0.1, 0.15) is 12.6 Å². The van der Waals surface area contributed by atoms with Gasteiger partial charge in [-0.1, -0.05) is 29.8 Å². The van der Waals surface area contributed by atoms with Gasteiger partial charge in [-0.25, -0.2) is 0 Å². The number of aromatic nitrogens is 1. The molecule has 0 fully saturated rings. The number of amides is 1. The molecule has 0 aliphatic carbocycles. The van der Waals surface area contributed by atoms with Gasteiger partial charge in [0.2, 0.25) is 6.10 Å². The molecule has 0 saturated heterocycles. The molecule has 0 unspecified atom stereocenters. The Labute approximate surface area is 168 Å².